The van der Waals surface area contributed by atoms with E-state index in [1.165, 1.54) is 51.4 Å². The van der Waals surface area contributed by atoms with Gasteiger partial charge in [0, 0.05) is 52.5 Å². The van der Waals surface area contributed by atoms with Crippen molar-refractivity contribution in [1.29, 1.82) is 0 Å². The minimum absolute atomic E-state index is 0.268. The van der Waals surface area contributed by atoms with E-state index in [1.54, 1.807) is 7.11 Å². The van der Waals surface area contributed by atoms with Crippen molar-refractivity contribution in [3.63, 3.8) is 0 Å². The second kappa shape index (κ2) is 10.1. The van der Waals surface area contributed by atoms with Crippen LogP contribution in [0.3, 0.4) is 0 Å². The first-order valence-electron chi connectivity index (χ1n) is 11.0. The van der Waals surface area contributed by atoms with Gasteiger partial charge < -0.3 is 20.1 Å². The van der Waals surface area contributed by atoms with Crippen LogP contribution in [0.25, 0.3) is 0 Å². The van der Waals surface area contributed by atoms with E-state index in [9.17, 15) is 0 Å². The molecule has 0 aromatic heterocycles. The van der Waals surface area contributed by atoms with Crippen LogP contribution in [-0.2, 0) is 9.47 Å². The van der Waals surface area contributed by atoms with E-state index in [-0.39, 0.29) is 5.54 Å². The number of nitrogens with zero attached hydrogens (tertiary/aromatic N) is 2. The first-order chi connectivity index (χ1) is 13.2. The summed E-state index contributed by atoms with van der Waals surface area (Å²) < 4.78 is 10.9. The van der Waals surface area contributed by atoms with Crippen molar-refractivity contribution in [1.82, 2.24) is 15.5 Å². The maximum absolute atomic E-state index is 5.60. The first-order valence-corrected chi connectivity index (χ1v) is 11.0. The number of rotatable bonds is 8. The normalized spacial score (nSPS) is 25.6. The lowest BCUT2D eigenvalue weighted by Gasteiger charge is -2.48. The van der Waals surface area contributed by atoms with E-state index in [4.69, 9.17) is 9.47 Å². The molecule has 0 aromatic rings. The summed E-state index contributed by atoms with van der Waals surface area (Å²) in [7, 11) is 3.69. The lowest BCUT2D eigenvalue weighted by molar-refractivity contribution is -0.0353. The molecule has 156 valence electrons. The van der Waals surface area contributed by atoms with E-state index in [0.717, 1.165) is 58.4 Å². The Balaban J connectivity index is 1.53. The van der Waals surface area contributed by atoms with Crippen molar-refractivity contribution in [3.8, 4) is 0 Å². The number of hydrogen-bond acceptors (Lipinski definition) is 4. The van der Waals surface area contributed by atoms with Gasteiger partial charge in [-0.2, -0.15) is 0 Å². The zero-order chi connectivity index (χ0) is 19.0. The van der Waals surface area contributed by atoms with Crippen LogP contribution in [-0.4, -0.2) is 76.6 Å². The Morgan fingerprint density at radius 1 is 1.00 bits per heavy atom. The van der Waals surface area contributed by atoms with Crippen LogP contribution in [0.15, 0.2) is 4.99 Å². The van der Waals surface area contributed by atoms with Gasteiger partial charge in [0.25, 0.3) is 0 Å². The van der Waals surface area contributed by atoms with Crippen molar-refractivity contribution >= 4 is 5.96 Å². The molecule has 0 spiro atoms. The smallest absolute Gasteiger partial charge is 0.191 e. The molecule has 1 aliphatic heterocycles. The fraction of sp³-hybridized carbons (Fsp3) is 0.952. The zero-order valence-corrected chi connectivity index (χ0v) is 17.5. The first kappa shape index (κ1) is 20.9. The third kappa shape index (κ3) is 5.36. The molecule has 3 fully saturated rings. The Morgan fingerprint density at radius 2 is 1.70 bits per heavy atom. The Bertz CT molecular complexity index is 467. The summed E-state index contributed by atoms with van der Waals surface area (Å²) in [6.45, 7) is 6.71. The van der Waals surface area contributed by atoms with Crippen LogP contribution in [0, 0.1) is 5.41 Å². The zero-order valence-electron chi connectivity index (χ0n) is 17.5. The molecule has 27 heavy (non-hydrogen) atoms. The molecule has 0 amide bonds. The van der Waals surface area contributed by atoms with E-state index in [0.29, 0.717) is 5.41 Å². The summed E-state index contributed by atoms with van der Waals surface area (Å²) >= 11 is 0. The second-order valence-corrected chi connectivity index (χ2v) is 8.76. The molecule has 3 aliphatic rings. The summed E-state index contributed by atoms with van der Waals surface area (Å²) in [5, 5.41) is 7.30. The summed E-state index contributed by atoms with van der Waals surface area (Å²) in [5.74, 6) is 0.955. The molecule has 6 nitrogen and oxygen atoms in total. The molecule has 0 bridgehead atoms. The lowest BCUT2D eigenvalue weighted by Crippen LogP contribution is -2.60. The van der Waals surface area contributed by atoms with Gasteiger partial charge in [-0.05, 0) is 37.5 Å². The second-order valence-electron chi connectivity index (χ2n) is 8.76. The fourth-order valence-electron chi connectivity index (χ4n) is 5.10. The summed E-state index contributed by atoms with van der Waals surface area (Å²) in [5.41, 5.74) is 0.671. The van der Waals surface area contributed by atoms with E-state index in [2.05, 4.69) is 20.5 Å². The molecular weight excluding hydrogens is 340 g/mol. The number of methoxy groups -OCH3 is 1. The molecule has 2 aliphatic carbocycles. The average molecular weight is 381 g/mol. The van der Waals surface area contributed by atoms with Gasteiger partial charge in [0.2, 0.25) is 0 Å². The predicted molar refractivity (Wildman–Crippen MR) is 110 cm³/mol. The van der Waals surface area contributed by atoms with Gasteiger partial charge in [-0.25, -0.2) is 0 Å². The third-order valence-electron chi connectivity index (χ3n) is 7.16. The Morgan fingerprint density at radius 3 is 2.30 bits per heavy atom. The standard InChI is InChI=1S/C21H40N4O2/c1-22-19(23-17-20(7-6-8-20)11-14-26-2)24-18-21(9-4-3-5-10-21)25-12-15-27-16-13-25/h3-18H2,1-2H3,(H2,22,23,24). The fourth-order valence-corrected chi connectivity index (χ4v) is 5.10. The monoisotopic (exact) mass is 380 g/mol. The van der Waals surface area contributed by atoms with E-state index in [1.807, 2.05) is 7.05 Å². The molecule has 0 aromatic carbocycles. The van der Waals surface area contributed by atoms with Crippen LogP contribution in [0.2, 0.25) is 0 Å². The Labute approximate surface area is 165 Å². The molecule has 1 heterocycles. The van der Waals surface area contributed by atoms with Crippen molar-refractivity contribution in [2.75, 3.05) is 60.2 Å². The van der Waals surface area contributed by atoms with Crippen LogP contribution < -0.4 is 10.6 Å². The topological polar surface area (TPSA) is 58.1 Å². The predicted octanol–water partition coefficient (Wildman–Crippen LogP) is 2.39. The van der Waals surface area contributed by atoms with Crippen molar-refractivity contribution < 1.29 is 9.47 Å². The number of aliphatic imine (C=N–C) groups is 1. The SMILES string of the molecule is CN=C(NCC1(CCOC)CCC1)NCC1(N2CCOCC2)CCCCC1. The van der Waals surface area contributed by atoms with Crippen molar-refractivity contribution in [3.05, 3.63) is 0 Å². The number of morpholine rings is 1. The minimum atomic E-state index is 0.268. The van der Waals surface area contributed by atoms with Gasteiger partial charge in [-0.1, -0.05) is 25.7 Å². The highest BCUT2D eigenvalue weighted by Crippen LogP contribution is 2.43. The van der Waals surface area contributed by atoms with Crippen LogP contribution in [0.1, 0.15) is 57.8 Å². The highest BCUT2D eigenvalue weighted by Gasteiger charge is 2.39. The van der Waals surface area contributed by atoms with Gasteiger partial charge >= 0.3 is 0 Å². The number of nitrogens with one attached hydrogen (secondary N) is 2. The van der Waals surface area contributed by atoms with Gasteiger partial charge in [-0.15, -0.1) is 0 Å². The number of guanidine groups is 1. The van der Waals surface area contributed by atoms with Crippen LogP contribution in [0.4, 0.5) is 0 Å². The summed E-state index contributed by atoms with van der Waals surface area (Å²) in [4.78, 5) is 7.19. The van der Waals surface area contributed by atoms with Crippen molar-refractivity contribution in [2.45, 2.75) is 63.3 Å². The highest BCUT2D eigenvalue weighted by atomic mass is 16.5. The molecule has 6 heteroatoms. The molecule has 2 saturated carbocycles. The molecule has 0 radical (unpaired) electrons. The molecule has 0 unspecified atom stereocenters. The summed E-state index contributed by atoms with van der Waals surface area (Å²) in [6.07, 6.45) is 11.7. The number of hydrogen-bond donors (Lipinski definition) is 2. The Hall–Kier alpha value is -0.850. The molecule has 0 atom stereocenters. The highest BCUT2D eigenvalue weighted by molar-refractivity contribution is 5.79. The van der Waals surface area contributed by atoms with Crippen molar-refractivity contribution in [2.24, 2.45) is 10.4 Å². The van der Waals surface area contributed by atoms with Crippen LogP contribution >= 0.6 is 0 Å². The molecule has 3 rings (SSSR count). The largest absolute Gasteiger partial charge is 0.385 e. The van der Waals surface area contributed by atoms with E-state index >= 15 is 0 Å². The van der Waals surface area contributed by atoms with Crippen LogP contribution in [0.5, 0.6) is 0 Å². The van der Waals surface area contributed by atoms with Gasteiger partial charge in [-0.3, -0.25) is 9.89 Å². The molecule has 2 N–H and O–H groups in total. The maximum Gasteiger partial charge on any atom is 0.191 e. The van der Waals surface area contributed by atoms with Gasteiger partial charge in [0.05, 0.1) is 13.2 Å². The van der Waals surface area contributed by atoms with Gasteiger partial charge in [0.15, 0.2) is 5.96 Å². The maximum atomic E-state index is 5.60. The lowest BCUT2D eigenvalue weighted by atomic mass is 9.67. The molecular formula is C21H40N4O2. The Kier molecular flexibility index (Phi) is 7.79. The quantitative estimate of drug-likeness (QED) is 0.500. The minimum Gasteiger partial charge on any atom is -0.385 e. The number of ether oxygens (including phenoxy) is 2. The van der Waals surface area contributed by atoms with E-state index < -0.39 is 0 Å². The molecule has 1 saturated heterocycles. The average Bonchev–Trinajstić information content (AvgIpc) is 2.70. The van der Waals surface area contributed by atoms with Gasteiger partial charge in [0.1, 0.15) is 0 Å². The summed E-state index contributed by atoms with van der Waals surface area (Å²) in [6, 6.07) is 0. The third-order valence-corrected chi connectivity index (χ3v) is 7.16.